The second-order valence-corrected chi connectivity index (χ2v) is 6.00. The van der Waals surface area contributed by atoms with Gasteiger partial charge in [-0.15, -0.1) is 0 Å². The minimum absolute atomic E-state index is 0.135. The minimum Gasteiger partial charge on any atom is -0.493 e. The minimum atomic E-state index is -0.266. The summed E-state index contributed by atoms with van der Waals surface area (Å²) in [6, 6.07) is 5.63. The van der Waals surface area contributed by atoms with Crippen molar-refractivity contribution >= 4 is 11.8 Å². The van der Waals surface area contributed by atoms with Gasteiger partial charge in [0.25, 0.3) is 0 Å². The van der Waals surface area contributed by atoms with Gasteiger partial charge in [0, 0.05) is 13.1 Å². The van der Waals surface area contributed by atoms with Crippen LogP contribution in [-0.2, 0) is 16.0 Å². The van der Waals surface area contributed by atoms with Crippen LogP contribution in [0.1, 0.15) is 32.3 Å². The lowest BCUT2D eigenvalue weighted by molar-refractivity contribution is -0.129. The van der Waals surface area contributed by atoms with Crippen molar-refractivity contribution in [3.8, 4) is 11.5 Å². The third-order valence-electron chi connectivity index (χ3n) is 3.55. The van der Waals surface area contributed by atoms with Crippen LogP contribution in [-0.4, -0.2) is 39.1 Å². The number of carbonyl (C=O) groups is 2. The zero-order chi connectivity index (χ0) is 17.9. The zero-order valence-electron chi connectivity index (χ0n) is 15.0. The third kappa shape index (κ3) is 7.35. The van der Waals surface area contributed by atoms with Crippen molar-refractivity contribution in [1.82, 2.24) is 10.6 Å². The molecule has 0 saturated heterocycles. The van der Waals surface area contributed by atoms with Crippen LogP contribution in [0.2, 0.25) is 0 Å². The number of carbonyl (C=O) groups excluding carboxylic acids is 2. The highest BCUT2D eigenvalue weighted by molar-refractivity contribution is 5.96. The molecule has 0 radical (unpaired) electrons. The topological polar surface area (TPSA) is 76.7 Å². The number of amides is 2. The molecule has 0 aliphatic rings. The average molecular weight is 336 g/mol. The van der Waals surface area contributed by atoms with Gasteiger partial charge in [0.1, 0.15) is 6.42 Å². The number of benzene rings is 1. The van der Waals surface area contributed by atoms with Crippen LogP contribution in [0.25, 0.3) is 0 Å². The summed E-state index contributed by atoms with van der Waals surface area (Å²) in [6.07, 6.45) is 1.43. The first kappa shape index (κ1) is 19.8. The van der Waals surface area contributed by atoms with Gasteiger partial charge in [0.15, 0.2) is 11.5 Å². The molecule has 0 saturated carbocycles. The molecular formula is C18H28N2O4. The first-order valence-corrected chi connectivity index (χ1v) is 8.20. The smallest absolute Gasteiger partial charge is 0.229 e. The highest BCUT2D eigenvalue weighted by Gasteiger charge is 2.09. The molecule has 6 nitrogen and oxygen atoms in total. The Morgan fingerprint density at radius 1 is 1.00 bits per heavy atom. The van der Waals surface area contributed by atoms with Crippen LogP contribution in [0.5, 0.6) is 11.5 Å². The predicted octanol–water partition coefficient (Wildman–Crippen LogP) is 1.91. The summed E-state index contributed by atoms with van der Waals surface area (Å²) in [6.45, 7) is 5.25. The Morgan fingerprint density at radius 2 is 1.62 bits per heavy atom. The van der Waals surface area contributed by atoms with Crippen molar-refractivity contribution in [3.05, 3.63) is 23.8 Å². The number of hydrogen-bond donors (Lipinski definition) is 2. The Bertz CT molecular complexity index is 544. The van der Waals surface area contributed by atoms with E-state index in [2.05, 4.69) is 24.5 Å². The average Bonchev–Trinajstić information content (AvgIpc) is 2.54. The highest BCUT2D eigenvalue weighted by Crippen LogP contribution is 2.27. The zero-order valence-corrected chi connectivity index (χ0v) is 15.0. The van der Waals surface area contributed by atoms with Crippen molar-refractivity contribution in [2.75, 3.05) is 27.3 Å². The fourth-order valence-electron chi connectivity index (χ4n) is 2.15. The summed E-state index contributed by atoms with van der Waals surface area (Å²) in [5.74, 6) is 1.35. The van der Waals surface area contributed by atoms with Gasteiger partial charge in [-0.2, -0.15) is 0 Å². The molecule has 0 fully saturated rings. The number of rotatable bonds is 10. The second-order valence-electron chi connectivity index (χ2n) is 6.00. The lowest BCUT2D eigenvalue weighted by Crippen LogP contribution is -2.33. The van der Waals surface area contributed by atoms with Crippen LogP contribution in [0, 0.1) is 5.92 Å². The van der Waals surface area contributed by atoms with Gasteiger partial charge in [0.2, 0.25) is 11.8 Å². The molecule has 1 rings (SSSR count). The summed E-state index contributed by atoms with van der Waals surface area (Å²) in [4.78, 5) is 23.4. The number of nitrogens with one attached hydrogen (secondary N) is 2. The molecule has 24 heavy (non-hydrogen) atoms. The molecule has 2 N–H and O–H groups in total. The Balaban J connectivity index is 2.31. The van der Waals surface area contributed by atoms with Crippen LogP contribution in [0.3, 0.4) is 0 Å². The monoisotopic (exact) mass is 336 g/mol. The van der Waals surface area contributed by atoms with Gasteiger partial charge >= 0.3 is 0 Å². The molecule has 0 bridgehead atoms. The SMILES string of the molecule is COc1ccc(CCNC(=O)CC(=O)NCCC(C)C)cc1OC. The lowest BCUT2D eigenvalue weighted by atomic mass is 10.1. The van der Waals surface area contributed by atoms with E-state index >= 15 is 0 Å². The standard InChI is InChI=1S/C18H28N2O4/c1-13(2)7-9-19-17(21)12-18(22)20-10-8-14-5-6-15(23-3)16(11-14)24-4/h5-6,11,13H,7-10,12H2,1-4H3,(H,19,21)(H,20,22). The molecule has 0 aliphatic carbocycles. The molecule has 1 aromatic rings. The third-order valence-corrected chi connectivity index (χ3v) is 3.55. The van der Waals surface area contributed by atoms with E-state index in [0.29, 0.717) is 36.9 Å². The van der Waals surface area contributed by atoms with E-state index in [1.807, 2.05) is 18.2 Å². The Hall–Kier alpha value is -2.24. The highest BCUT2D eigenvalue weighted by atomic mass is 16.5. The molecule has 0 spiro atoms. The first-order valence-electron chi connectivity index (χ1n) is 8.20. The van der Waals surface area contributed by atoms with Crippen molar-refractivity contribution in [2.24, 2.45) is 5.92 Å². The van der Waals surface area contributed by atoms with E-state index in [4.69, 9.17) is 9.47 Å². The molecule has 2 amide bonds. The van der Waals surface area contributed by atoms with E-state index in [-0.39, 0.29) is 18.2 Å². The fourth-order valence-corrected chi connectivity index (χ4v) is 2.15. The van der Waals surface area contributed by atoms with E-state index in [0.717, 1.165) is 12.0 Å². The summed E-state index contributed by atoms with van der Waals surface area (Å²) in [7, 11) is 3.17. The maximum absolute atomic E-state index is 11.7. The maximum atomic E-state index is 11.7. The molecule has 6 heteroatoms. The molecule has 0 unspecified atom stereocenters. The van der Waals surface area contributed by atoms with Crippen molar-refractivity contribution < 1.29 is 19.1 Å². The van der Waals surface area contributed by atoms with Gasteiger partial charge < -0.3 is 20.1 Å². The van der Waals surface area contributed by atoms with Crippen molar-refractivity contribution in [3.63, 3.8) is 0 Å². The number of hydrogen-bond acceptors (Lipinski definition) is 4. The van der Waals surface area contributed by atoms with Crippen molar-refractivity contribution in [1.29, 1.82) is 0 Å². The molecule has 0 atom stereocenters. The van der Waals surface area contributed by atoms with Gasteiger partial charge in [-0.1, -0.05) is 19.9 Å². The second kappa shape index (κ2) is 10.5. The molecule has 1 aromatic carbocycles. The van der Waals surface area contributed by atoms with E-state index < -0.39 is 0 Å². The summed E-state index contributed by atoms with van der Waals surface area (Å²) in [5, 5.41) is 5.51. The van der Waals surface area contributed by atoms with Crippen LogP contribution < -0.4 is 20.1 Å². The first-order chi connectivity index (χ1) is 11.5. The molecule has 0 aliphatic heterocycles. The Kier molecular flexibility index (Phi) is 8.68. The number of methoxy groups -OCH3 is 2. The molecule has 0 heterocycles. The maximum Gasteiger partial charge on any atom is 0.229 e. The molecule has 134 valence electrons. The largest absolute Gasteiger partial charge is 0.493 e. The Labute approximate surface area is 143 Å². The summed E-state index contributed by atoms with van der Waals surface area (Å²) < 4.78 is 10.4. The Morgan fingerprint density at radius 3 is 2.21 bits per heavy atom. The predicted molar refractivity (Wildman–Crippen MR) is 93.3 cm³/mol. The van der Waals surface area contributed by atoms with Gasteiger partial charge in [-0.05, 0) is 36.5 Å². The van der Waals surface area contributed by atoms with Crippen LogP contribution in [0.15, 0.2) is 18.2 Å². The lowest BCUT2D eigenvalue weighted by Gasteiger charge is -2.10. The van der Waals surface area contributed by atoms with E-state index in [9.17, 15) is 9.59 Å². The van der Waals surface area contributed by atoms with Gasteiger partial charge in [0.05, 0.1) is 14.2 Å². The fraction of sp³-hybridized carbons (Fsp3) is 0.556. The molecular weight excluding hydrogens is 308 g/mol. The number of ether oxygens (including phenoxy) is 2. The molecule has 0 aromatic heterocycles. The van der Waals surface area contributed by atoms with Crippen molar-refractivity contribution in [2.45, 2.75) is 33.1 Å². The van der Waals surface area contributed by atoms with Gasteiger partial charge in [-0.25, -0.2) is 0 Å². The van der Waals surface area contributed by atoms with Crippen LogP contribution >= 0.6 is 0 Å². The van der Waals surface area contributed by atoms with Gasteiger partial charge in [-0.3, -0.25) is 9.59 Å². The van der Waals surface area contributed by atoms with E-state index in [1.165, 1.54) is 0 Å². The van der Waals surface area contributed by atoms with Crippen LogP contribution in [0.4, 0.5) is 0 Å². The summed E-state index contributed by atoms with van der Waals surface area (Å²) >= 11 is 0. The summed E-state index contributed by atoms with van der Waals surface area (Å²) in [5.41, 5.74) is 1.02. The normalized spacial score (nSPS) is 10.4. The van der Waals surface area contributed by atoms with E-state index in [1.54, 1.807) is 14.2 Å². The quantitative estimate of drug-likeness (QED) is 0.640.